The number of nitriles is 1. The smallest absolute Gasteiger partial charge is 0.338 e. The highest BCUT2D eigenvalue weighted by molar-refractivity contribution is 7.44. The fraction of sp³-hybridized carbons (Fsp3) is 0.373. The highest BCUT2D eigenvalue weighted by atomic mass is 31.2. The SMILES string of the molecule is COc1ccc(C(OCC2OC(n3c(=O)[nH]cc(C#CCCOC(=O)c4ccc(C)cc4)c3=O)CC2OP(OCCC#N)N(C(C)C)C(C)C)(c2ccccc2)c2ccc(OC)cc2)cc1. The first-order chi connectivity index (χ1) is 31.9. The first-order valence-electron chi connectivity index (χ1n) is 21.9. The predicted octanol–water partition coefficient (Wildman–Crippen LogP) is 8.42. The lowest BCUT2D eigenvalue weighted by molar-refractivity contribution is -0.0931. The summed E-state index contributed by atoms with van der Waals surface area (Å²) in [6.07, 6.45) is -1.10. The van der Waals surface area contributed by atoms with Crippen LogP contribution < -0.4 is 20.7 Å². The molecule has 66 heavy (non-hydrogen) atoms. The lowest BCUT2D eigenvalue weighted by Gasteiger charge is -2.39. The molecule has 1 aliphatic heterocycles. The highest BCUT2D eigenvalue weighted by Crippen LogP contribution is 2.50. The van der Waals surface area contributed by atoms with Gasteiger partial charge in [0.2, 0.25) is 0 Å². The van der Waals surface area contributed by atoms with E-state index in [0.29, 0.717) is 17.1 Å². The number of aryl methyl sites for hydroxylation is 1. The molecule has 1 aromatic heterocycles. The summed E-state index contributed by atoms with van der Waals surface area (Å²) in [6, 6.07) is 34.3. The summed E-state index contributed by atoms with van der Waals surface area (Å²) >= 11 is 0. The van der Waals surface area contributed by atoms with E-state index in [1.165, 1.54) is 6.20 Å². The molecule has 1 aliphatic rings. The van der Waals surface area contributed by atoms with Crippen LogP contribution in [0, 0.1) is 30.1 Å². The van der Waals surface area contributed by atoms with Crippen molar-refractivity contribution in [3.05, 3.63) is 164 Å². The van der Waals surface area contributed by atoms with Gasteiger partial charge in [0, 0.05) is 31.1 Å². The Bertz CT molecular complexity index is 2530. The summed E-state index contributed by atoms with van der Waals surface area (Å²) in [6.45, 7) is 10.1. The Balaban J connectivity index is 1.37. The molecule has 0 amide bonds. The minimum Gasteiger partial charge on any atom is -0.497 e. The normalized spacial score (nSPS) is 16.4. The summed E-state index contributed by atoms with van der Waals surface area (Å²) in [5, 5.41) is 9.42. The number of nitrogens with one attached hydrogen (secondary N) is 1. The van der Waals surface area contributed by atoms with Crippen molar-refractivity contribution in [3.8, 4) is 29.4 Å². The van der Waals surface area contributed by atoms with Gasteiger partial charge in [0.25, 0.3) is 14.1 Å². The summed E-state index contributed by atoms with van der Waals surface area (Å²) in [7, 11) is 1.43. The molecule has 1 fully saturated rings. The van der Waals surface area contributed by atoms with E-state index in [1.54, 1.807) is 26.4 Å². The van der Waals surface area contributed by atoms with Gasteiger partial charge in [0.15, 0.2) is 0 Å². The van der Waals surface area contributed by atoms with Crippen molar-refractivity contribution in [2.75, 3.05) is 34.0 Å². The lowest BCUT2D eigenvalue weighted by atomic mass is 9.80. The Hall–Kier alpha value is -6.09. The van der Waals surface area contributed by atoms with Gasteiger partial charge in [-0.25, -0.2) is 18.8 Å². The van der Waals surface area contributed by atoms with Gasteiger partial charge in [0.1, 0.15) is 41.6 Å². The van der Waals surface area contributed by atoms with E-state index < -0.39 is 49.8 Å². The van der Waals surface area contributed by atoms with Gasteiger partial charge in [-0.3, -0.25) is 4.79 Å². The molecule has 14 nitrogen and oxygen atoms in total. The van der Waals surface area contributed by atoms with E-state index in [0.717, 1.165) is 26.8 Å². The molecule has 0 bridgehead atoms. The van der Waals surface area contributed by atoms with Gasteiger partial charge in [-0.05, 0) is 87.7 Å². The monoisotopic (exact) mass is 916 g/mol. The van der Waals surface area contributed by atoms with Gasteiger partial charge >= 0.3 is 11.7 Å². The van der Waals surface area contributed by atoms with Crippen molar-refractivity contribution in [2.45, 2.75) is 90.0 Å². The van der Waals surface area contributed by atoms with E-state index in [9.17, 15) is 19.6 Å². The number of esters is 1. The number of benzene rings is 4. The van der Waals surface area contributed by atoms with Gasteiger partial charge < -0.3 is 37.7 Å². The third kappa shape index (κ3) is 11.8. The fourth-order valence-corrected chi connectivity index (χ4v) is 9.53. The first-order valence-corrected chi connectivity index (χ1v) is 23.0. The molecule has 346 valence electrons. The Kier molecular flexibility index (Phi) is 17.5. The van der Waals surface area contributed by atoms with Crippen molar-refractivity contribution in [2.24, 2.45) is 0 Å². The lowest BCUT2D eigenvalue weighted by Crippen LogP contribution is -2.40. The van der Waals surface area contributed by atoms with Crippen molar-refractivity contribution in [3.63, 3.8) is 0 Å². The largest absolute Gasteiger partial charge is 0.497 e. The zero-order chi connectivity index (χ0) is 47.2. The number of aromatic amines is 1. The van der Waals surface area contributed by atoms with Crippen molar-refractivity contribution in [1.82, 2.24) is 14.2 Å². The Labute approximate surface area is 387 Å². The second kappa shape index (κ2) is 23.4. The van der Waals surface area contributed by atoms with Crippen LogP contribution in [0.3, 0.4) is 0 Å². The molecule has 1 saturated heterocycles. The van der Waals surface area contributed by atoms with Crippen molar-refractivity contribution >= 4 is 14.5 Å². The molecule has 1 N–H and O–H groups in total. The van der Waals surface area contributed by atoms with Crippen molar-refractivity contribution in [1.29, 1.82) is 5.26 Å². The summed E-state index contributed by atoms with van der Waals surface area (Å²) in [5.74, 6) is 6.58. The summed E-state index contributed by atoms with van der Waals surface area (Å²) in [5.41, 5.74) is 1.30. The molecule has 4 atom stereocenters. The van der Waals surface area contributed by atoms with Gasteiger partial charge in [-0.15, -0.1) is 0 Å². The fourth-order valence-electron chi connectivity index (χ4n) is 7.77. The number of carbonyl (C=O) groups excluding carboxylic acids is 1. The minimum absolute atomic E-state index is 0.00437. The molecular formula is C51H57N4O10P. The zero-order valence-electron chi connectivity index (χ0n) is 38.4. The number of aromatic nitrogens is 2. The van der Waals surface area contributed by atoms with E-state index in [2.05, 4.69) is 27.6 Å². The van der Waals surface area contributed by atoms with Crippen LogP contribution >= 0.6 is 8.53 Å². The minimum atomic E-state index is -1.79. The quantitative estimate of drug-likeness (QED) is 0.0261. The van der Waals surface area contributed by atoms with E-state index in [1.807, 2.05) is 126 Å². The van der Waals surface area contributed by atoms with Crippen LogP contribution in [-0.2, 0) is 28.9 Å². The van der Waals surface area contributed by atoms with Crippen molar-refractivity contribution < 1.29 is 37.5 Å². The average Bonchev–Trinajstić information content (AvgIpc) is 3.71. The van der Waals surface area contributed by atoms with Crippen LogP contribution in [0.1, 0.15) is 91.4 Å². The molecule has 4 aromatic carbocycles. The molecule has 6 rings (SSSR count). The van der Waals surface area contributed by atoms with Crippen LogP contribution in [0.25, 0.3) is 0 Å². The number of carbonyl (C=O) groups is 1. The Morgan fingerprint density at radius 2 is 1.47 bits per heavy atom. The number of H-pyrrole nitrogens is 1. The van der Waals surface area contributed by atoms with Gasteiger partial charge in [0.05, 0.1) is 51.6 Å². The molecule has 4 unspecified atom stereocenters. The number of nitrogens with zero attached hydrogens (tertiary/aromatic N) is 3. The number of methoxy groups -OCH3 is 2. The third-order valence-corrected chi connectivity index (χ3v) is 13.1. The predicted molar refractivity (Wildman–Crippen MR) is 251 cm³/mol. The second-order valence-electron chi connectivity index (χ2n) is 16.1. The van der Waals surface area contributed by atoms with E-state index >= 15 is 0 Å². The van der Waals surface area contributed by atoms with Crippen LogP contribution in [-0.4, -0.2) is 78.5 Å². The maximum Gasteiger partial charge on any atom is 0.338 e. The zero-order valence-corrected chi connectivity index (χ0v) is 39.3. The highest BCUT2D eigenvalue weighted by Gasteiger charge is 2.45. The summed E-state index contributed by atoms with van der Waals surface area (Å²) in [4.78, 5) is 42.9. The van der Waals surface area contributed by atoms with E-state index in [4.69, 9.17) is 32.7 Å². The summed E-state index contributed by atoms with van der Waals surface area (Å²) < 4.78 is 46.8. The number of hydrogen-bond acceptors (Lipinski definition) is 12. The topological polar surface area (TPSA) is 164 Å². The maximum atomic E-state index is 14.2. The molecule has 0 radical (unpaired) electrons. The number of rotatable bonds is 20. The standard InChI is InChI=1S/C51H57N4O10P/c1-35(2)55(36(3)4)66(63-31-13-29-52)65-45-32-47(54-48(56)39(33-53-50(54)58)14-11-12-30-61-49(57)38-19-17-37(5)18-20-38)64-46(45)34-62-51(40-15-9-8-10-16-40,41-21-25-43(59-6)26-22-41)42-23-27-44(60-7)28-24-42/h8-10,15-28,33,35-36,45-47H,12-13,30-32,34H2,1-7H3,(H,53,58). The Morgan fingerprint density at radius 3 is 2.05 bits per heavy atom. The van der Waals surface area contributed by atoms with E-state index in [-0.39, 0.29) is 56.7 Å². The molecule has 0 saturated carbocycles. The van der Waals surface area contributed by atoms with Crippen LogP contribution in [0.2, 0.25) is 0 Å². The molecule has 2 heterocycles. The third-order valence-electron chi connectivity index (χ3n) is 11.0. The van der Waals surface area contributed by atoms with Crippen LogP contribution in [0.15, 0.2) is 119 Å². The number of ether oxygens (including phenoxy) is 5. The van der Waals surface area contributed by atoms with Gasteiger partial charge in [-0.1, -0.05) is 84.1 Å². The van der Waals surface area contributed by atoms with Crippen LogP contribution in [0.4, 0.5) is 0 Å². The Morgan fingerprint density at radius 1 is 0.864 bits per heavy atom. The molecular weight excluding hydrogens is 860 g/mol. The van der Waals surface area contributed by atoms with Gasteiger partial charge in [-0.2, -0.15) is 5.26 Å². The molecule has 0 spiro atoms. The molecule has 5 aromatic rings. The van der Waals surface area contributed by atoms with Crippen LogP contribution in [0.5, 0.6) is 11.5 Å². The number of hydrogen-bond donors (Lipinski definition) is 1. The second-order valence-corrected chi connectivity index (χ2v) is 17.5. The molecule has 0 aliphatic carbocycles. The molecule has 15 heteroatoms. The average molecular weight is 917 g/mol. The first kappa shape index (κ1) is 49.3. The maximum absolute atomic E-state index is 14.2.